The zero-order valence-electron chi connectivity index (χ0n) is 22.3. The van der Waals surface area contributed by atoms with Crippen LogP contribution in [0.5, 0.6) is 5.75 Å². The maximum Gasteiger partial charge on any atom is 0.247 e. The molecule has 0 spiro atoms. The minimum atomic E-state index is -1.15. The average Bonchev–Trinajstić information content (AvgIpc) is 3.57. The molecular weight excluding hydrogens is 626 g/mol. The fourth-order valence-electron chi connectivity index (χ4n) is 6.64. The Morgan fingerprint density at radius 3 is 2.58 bits per heavy atom. The molecule has 0 saturated heterocycles. The van der Waals surface area contributed by atoms with Crippen molar-refractivity contribution in [3.63, 3.8) is 0 Å². The number of fused-ring (bicyclic) bond motifs is 2. The van der Waals surface area contributed by atoms with Crippen LogP contribution in [0.25, 0.3) is 0 Å². The van der Waals surface area contributed by atoms with Crippen LogP contribution in [0.4, 0.5) is 4.39 Å². The minimum Gasteiger partial charge on any atom is -0.482 e. The van der Waals surface area contributed by atoms with Gasteiger partial charge in [-0.05, 0) is 83.9 Å². The number of nitrogens with zero attached hydrogens (tertiary/aromatic N) is 1. The van der Waals surface area contributed by atoms with Gasteiger partial charge in [-0.25, -0.2) is 4.39 Å². The van der Waals surface area contributed by atoms with E-state index in [0.717, 1.165) is 16.4 Å². The number of rotatable bonds is 10. The molecule has 7 nitrogen and oxygen atoms in total. The highest BCUT2D eigenvalue weighted by Gasteiger charge is 2.44. The molecule has 5 rings (SSSR count). The van der Waals surface area contributed by atoms with Crippen molar-refractivity contribution in [2.45, 2.75) is 63.3 Å². The number of carbonyl (C=O) groups is 2. The first-order valence-corrected chi connectivity index (χ1v) is 15.1. The predicted molar refractivity (Wildman–Crippen MR) is 157 cm³/mol. The molecule has 2 amide bonds. The van der Waals surface area contributed by atoms with Gasteiger partial charge in [0.25, 0.3) is 0 Å². The van der Waals surface area contributed by atoms with Gasteiger partial charge in [0.05, 0.1) is 16.2 Å². The van der Waals surface area contributed by atoms with E-state index in [2.05, 4.69) is 27.9 Å². The summed E-state index contributed by atoms with van der Waals surface area (Å²) in [7, 11) is 0. The molecule has 3 aliphatic rings. The third kappa shape index (κ3) is 6.52. The van der Waals surface area contributed by atoms with Crippen LogP contribution in [0, 0.1) is 27.1 Å². The summed E-state index contributed by atoms with van der Waals surface area (Å²) in [6.45, 7) is -0.155. The highest BCUT2D eigenvalue weighted by atomic mass is 127. The molecule has 2 aromatic rings. The van der Waals surface area contributed by atoms with Crippen molar-refractivity contribution in [3.8, 4) is 5.75 Å². The van der Waals surface area contributed by atoms with Crippen molar-refractivity contribution >= 4 is 34.4 Å². The lowest BCUT2D eigenvalue weighted by Crippen LogP contribution is -2.55. The lowest BCUT2D eigenvalue weighted by atomic mass is 9.84. The second kappa shape index (κ2) is 13.0. The summed E-state index contributed by atoms with van der Waals surface area (Å²) in [5.41, 5.74) is 0.706. The van der Waals surface area contributed by atoms with Crippen molar-refractivity contribution in [2.75, 3.05) is 13.2 Å². The van der Waals surface area contributed by atoms with Gasteiger partial charge in [0.2, 0.25) is 11.8 Å². The van der Waals surface area contributed by atoms with E-state index in [0.29, 0.717) is 35.1 Å². The van der Waals surface area contributed by atoms with Crippen LogP contribution in [0.3, 0.4) is 0 Å². The second-order valence-electron chi connectivity index (χ2n) is 11.2. The molecule has 3 N–H and O–H groups in total. The van der Waals surface area contributed by atoms with Crippen molar-refractivity contribution in [1.82, 2.24) is 10.2 Å². The Labute approximate surface area is 247 Å². The van der Waals surface area contributed by atoms with E-state index in [4.69, 9.17) is 4.74 Å². The van der Waals surface area contributed by atoms with Gasteiger partial charge in [-0.3, -0.25) is 9.59 Å². The molecule has 2 aromatic carbocycles. The van der Waals surface area contributed by atoms with Crippen molar-refractivity contribution in [2.24, 2.45) is 17.8 Å². The quantitative estimate of drug-likeness (QED) is 0.332. The predicted octanol–water partition coefficient (Wildman–Crippen LogP) is 4.20. The summed E-state index contributed by atoms with van der Waals surface area (Å²) in [6, 6.07) is 12.9. The first-order valence-electron chi connectivity index (χ1n) is 14.1. The Morgan fingerprint density at radius 1 is 1.10 bits per heavy atom. The van der Waals surface area contributed by atoms with E-state index < -0.39 is 30.0 Å². The normalized spacial score (nSPS) is 27.2. The van der Waals surface area contributed by atoms with E-state index in [-0.39, 0.29) is 37.9 Å². The number of hydrogen-bond acceptors (Lipinski definition) is 5. The van der Waals surface area contributed by atoms with Crippen LogP contribution in [-0.4, -0.2) is 58.3 Å². The van der Waals surface area contributed by atoms with Gasteiger partial charge in [0, 0.05) is 37.1 Å². The fourth-order valence-corrected chi connectivity index (χ4v) is 7.15. The summed E-state index contributed by atoms with van der Waals surface area (Å²) in [5, 5.41) is 23.6. The zero-order valence-corrected chi connectivity index (χ0v) is 24.5. The maximum atomic E-state index is 14.8. The van der Waals surface area contributed by atoms with Gasteiger partial charge in [-0.1, -0.05) is 36.8 Å². The van der Waals surface area contributed by atoms with Crippen molar-refractivity contribution in [1.29, 1.82) is 0 Å². The molecule has 2 saturated carbocycles. The number of carbonyl (C=O) groups excluding carboxylic acids is 2. The molecule has 2 fully saturated rings. The lowest BCUT2D eigenvalue weighted by molar-refractivity contribution is -0.141. The molecule has 40 heavy (non-hydrogen) atoms. The SMILES string of the molecule is O=C(NCCO)C1=CC(Oc2ccccc2I)C(O)C(N(Cc2ccccc2F)C(=O)CC2CC3CCC2C3)C1. The van der Waals surface area contributed by atoms with E-state index >= 15 is 0 Å². The van der Waals surface area contributed by atoms with Crippen LogP contribution >= 0.6 is 22.6 Å². The summed E-state index contributed by atoms with van der Waals surface area (Å²) in [6.07, 6.45) is 4.53. The van der Waals surface area contributed by atoms with Gasteiger partial charge >= 0.3 is 0 Å². The number of halogens is 2. The third-order valence-corrected chi connectivity index (χ3v) is 9.55. The molecule has 0 heterocycles. The molecule has 2 bridgehead atoms. The van der Waals surface area contributed by atoms with Gasteiger partial charge in [-0.2, -0.15) is 0 Å². The van der Waals surface area contributed by atoms with Crippen LogP contribution in [-0.2, 0) is 16.1 Å². The molecule has 6 atom stereocenters. The van der Waals surface area contributed by atoms with Gasteiger partial charge in [0.1, 0.15) is 23.8 Å². The van der Waals surface area contributed by atoms with Crippen LogP contribution in [0.1, 0.15) is 44.1 Å². The van der Waals surface area contributed by atoms with Crippen LogP contribution < -0.4 is 10.1 Å². The first kappa shape index (κ1) is 29.0. The van der Waals surface area contributed by atoms with Crippen molar-refractivity contribution < 1.29 is 28.9 Å². The number of hydrogen-bond donors (Lipinski definition) is 3. The van der Waals surface area contributed by atoms with E-state index in [1.807, 2.05) is 18.2 Å². The Bertz CT molecular complexity index is 1260. The molecule has 0 aromatic heterocycles. The summed E-state index contributed by atoms with van der Waals surface area (Å²) in [5.74, 6) is 1.09. The molecular formula is C31H36FIN2O5. The largest absolute Gasteiger partial charge is 0.482 e. The Morgan fingerprint density at radius 2 is 1.88 bits per heavy atom. The summed E-state index contributed by atoms with van der Waals surface area (Å²) >= 11 is 2.14. The number of ether oxygens (including phenoxy) is 1. The average molecular weight is 663 g/mol. The standard InChI is InChI=1S/C31H36FIN2O5/c32-24-6-2-1-5-21(24)18-35(29(37)17-22-14-19-9-10-20(22)13-19)26-15-23(31(39)34-11-12-36)16-28(30(26)38)40-27-8-4-3-7-25(27)33/h1-8,16,19-20,22,26,28,30,36,38H,9-15,17-18H2,(H,34,39). The number of benzene rings is 2. The molecule has 214 valence electrons. The van der Waals surface area contributed by atoms with Crippen LogP contribution in [0.15, 0.2) is 60.2 Å². The molecule has 3 aliphatic carbocycles. The smallest absolute Gasteiger partial charge is 0.247 e. The lowest BCUT2D eigenvalue weighted by Gasteiger charge is -2.41. The van der Waals surface area contributed by atoms with Gasteiger partial charge in [0.15, 0.2) is 0 Å². The first-order chi connectivity index (χ1) is 19.3. The number of aliphatic hydroxyl groups is 2. The topological polar surface area (TPSA) is 99.1 Å². The third-order valence-electron chi connectivity index (χ3n) is 8.65. The molecule has 0 radical (unpaired) electrons. The monoisotopic (exact) mass is 662 g/mol. The maximum absolute atomic E-state index is 14.8. The van der Waals surface area contributed by atoms with Gasteiger partial charge in [-0.15, -0.1) is 0 Å². The van der Waals surface area contributed by atoms with E-state index in [1.165, 1.54) is 18.9 Å². The number of aliphatic hydroxyl groups excluding tert-OH is 2. The molecule has 0 aliphatic heterocycles. The highest BCUT2D eigenvalue weighted by Crippen LogP contribution is 2.50. The van der Waals surface area contributed by atoms with Gasteiger partial charge < -0.3 is 25.2 Å². The second-order valence-corrected chi connectivity index (χ2v) is 12.4. The summed E-state index contributed by atoms with van der Waals surface area (Å²) < 4.78 is 21.9. The zero-order chi connectivity index (χ0) is 28.2. The fraction of sp³-hybridized carbons (Fsp3) is 0.484. The van der Waals surface area contributed by atoms with E-state index in [9.17, 15) is 24.2 Å². The van der Waals surface area contributed by atoms with Crippen LogP contribution in [0.2, 0.25) is 0 Å². The molecule has 9 heteroatoms. The summed E-state index contributed by atoms with van der Waals surface area (Å²) in [4.78, 5) is 28.6. The number of para-hydroxylation sites is 1. The minimum absolute atomic E-state index is 0.0187. The highest BCUT2D eigenvalue weighted by molar-refractivity contribution is 14.1. The number of amides is 2. The van der Waals surface area contributed by atoms with Crippen molar-refractivity contribution in [3.05, 3.63) is 75.1 Å². The Hall–Kier alpha value is -2.50. The molecule has 6 unspecified atom stereocenters. The Kier molecular flexibility index (Phi) is 9.42. The number of nitrogens with one attached hydrogen (secondary N) is 1. The Balaban J connectivity index is 1.46. The van der Waals surface area contributed by atoms with E-state index in [1.54, 1.807) is 35.2 Å².